The van der Waals surface area contributed by atoms with Gasteiger partial charge in [0.1, 0.15) is 11.1 Å². The Morgan fingerprint density at radius 3 is 2.33 bits per heavy atom. The molecular formula is C20H21F3N4O3. The molecule has 0 aliphatic carbocycles. The first-order valence-electron chi connectivity index (χ1n) is 9.15. The number of alkyl carbamates (subject to hydrolysis) is 1. The van der Waals surface area contributed by atoms with Crippen molar-refractivity contribution in [1.82, 2.24) is 19.5 Å². The lowest BCUT2D eigenvalue weighted by molar-refractivity contribution is -0.136. The van der Waals surface area contributed by atoms with Crippen molar-refractivity contribution in [1.29, 1.82) is 0 Å². The number of carbonyl (C=O) groups is 1. The molecule has 1 amide bonds. The van der Waals surface area contributed by atoms with Gasteiger partial charge in [-0.25, -0.2) is 9.31 Å². The minimum atomic E-state index is -4.72. The van der Waals surface area contributed by atoms with E-state index in [1.165, 1.54) is 0 Å². The second kappa shape index (κ2) is 7.51. The normalized spacial score (nSPS) is 13.3. The first kappa shape index (κ1) is 21.4. The van der Waals surface area contributed by atoms with E-state index in [1.807, 2.05) is 0 Å². The Labute approximate surface area is 170 Å². The minimum absolute atomic E-state index is 0.0499. The molecule has 0 aliphatic heterocycles. The van der Waals surface area contributed by atoms with Gasteiger partial charge < -0.3 is 10.1 Å². The van der Waals surface area contributed by atoms with E-state index in [4.69, 9.17) is 4.74 Å². The maximum absolute atomic E-state index is 13.4. The average molecular weight is 422 g/mol. The number of benzene rings is 1. The topological polar surface area (TPSA) is 77.6 Å². The van der Waals surface area contributed by atoms with E-state index in [0.29, 0.717) is 5.69 Å². The van der Waals surface area contributed by atoms with Crippen molar-refractivity contribution >= 4 is 11.6 Å². The van der Waals surface area contributed by atoms with Crippen molar-refractivity contribution in [2.45, 2.75) is 45.5 Å². The van der Waals surface area contributed by atoms with E-state index in [2.05, 4.69) is 10.4 Å². The second-order valence-electron chi connectivity index (χ2n) is 7.72. The first-order chi connectivity index (χ1) is 13.9. The quantitative estimate of drug-likeness (QED) is 0.690. The van der Waals surface area contributed by atoms with E-state index < -0.39 is 40.6 Å². The molecule has 2 aromatic heterocycles. The molecule has 1 N–H and O–H groups in total. The van der Waals surface area contributed by atoms with Crippen LogP contribution in [0.15, 0.2) is 47.4 Å². The molecule has 0 fully saturated rings. The Morgan fingerprint density at radius 2 is 1.77 bits per heavy atom. The van der Waals surface area contributed by atoms with Crippen molar-refractivity contribution in [2.75, 3.05) is 0 Å². The van der Waals surface area contributed by atoms with E-state index in [1.54, 1.807) is 58.0 Å². The van der Waals surface area contributed by atoms with Crippen LogP contribution >= 0.6 is 0 Å². The van der Waals surface area contributed by atoms with Crippen LogP contribution in [-0.4, -0.2) is 25.9 Å². The van der Waals surface area contributed by atoms with E-state index in [-0.39, 0.29) is 5.82 Å². The van der Waals surface area contributed by atoms with Crippen LogP contribution in [0.4, 0.5) is 18.0 Å². The molecule has 0 saturated carbocycles. The fourth-order valence-electron chi connectivity index (χ4n) is 2.97. The molecule has 0 saturated heterocycles. The van der Waals surface area contributed by atoms with Crippen LogP contribution in [0.5, 0.6) is 0 Å². The standard InChI is InChI=1S/C20H21F3N4O3/c1-12(24-18(29)30-19(2,3)4)16-25-26-11-10-14(20(21,22)23)15(26)17(28)27(16)13-8-6-5-7-9-13/h5-12H,1-4H3,(H,24,29)/t12-/m0/s1. The van der Waals surface area contributed by atoms with Crippen molar-refractivity contribution in [3.63, 3.8) is 0 Å². The van der Waals surface area contributed by atoms with Crippen LogP contribution in [-0.2, 0) is 10.9 Å². The number of alkyl halides is 3. The Hall–Kier alpha value is -3.30. The Kier molecular flexibility index (Phi) is 5.36. The summed E-state index contributed by atoms with van der Waals surface area (Å²) in [6, 6.07) is 8.10. The summed E-state index contributed by atoms with van der Waals surface area (Å²) in [5, 5.41) is 6.78. The summed E-state index contributed by atoms with van der Waals surface area (Å²) in [5.41, 5.74) is -3.01. The largest absolute Gasteiger partial charge is 0.444 e. The number of nitrogens with one attached hydrogen (secondary N) is 1. The number of carbonyl (C=O) groups excluding carboxylic acids is 1. The molecule has 1 atom stereocenters. The molecule has 0 spiro atoms. The fraction of sp³-hybridized carbons (Fsp3) is 0.350. The number of amides is 1. The highest BCUT2D eigenvalue weighted by Crippen LogP contribution is 2.32. The Bertz CT molecular complexity index is 1130. The van der Waals surface area contributed by atoms with Crippen LogP contribution in [0, 0.1) is 0 Å². The number of rotatable bonds is 3. The van der Waals surface area contributed by atoms with Crippen molar-refractivity contribution < 1.29 is 22.7 Å². The highest BCUT2D eigenvalue weighted by Gasteiger charge is 2.36. The second-order valence-corrected chi connectivity index (χ2v) is 7.72. The van der Waals surface area contributed by atoms with Gasteiger partial charge in [0, 0.05) is 6.20 Å². The zero-order valence-electron chi connectivity index (χ0n) is 16.8. The number of fused-ring (bicyclic) bond motifs is 1. The summed E-state index contributed by atoms with van der Waals surface area (Å²) in [4.78, 5) is 25.3. The number of nitrogens with zero attached hydrogens (tertiary/aromatic N) is 3. The highest BCUT2D eigenvalue weighted by atomic mass is 19.4. The summed E-state index contributed by atoms with van der Waals surface area (Å²) in [6.45, 7) is 6.64. The zero-order chi connectivity index (χ0) is 22.3. The lowest BCUT2D eigenvalue weighted by Crippen LogP contribution is -2.37. The van der Waals surface area contributed by atoms with Gasteiger partial charge >= 0.3 is 12.3 Å². The first-order valence-corrected chi connectivity index (χ1v) is 9.15. The Morgan fingerprint density at radius 1 is 1.13 bits per heavy atom. The van der Waals surface area contributed by atoms with Crippen LogP contribution in [0.1, 0.15) is 45.1 Å². The lowest BCUT2D eigenvalue weighted by Gasteiger charge is -2.23. The molecular weight excluding hydrogens is 401 g/mol. The molecule has 2 heterocycles. The number of ether oxygens (including phenoxy) is 1. The van der Waals surface area contributed by atoms with Crippen LogP contribution in [0.3, 0.4) is 0 Å². The SMILES string of the molecule is C[C@H](NC(=O)OC(C)(C)C)c1nn2ccc(C(F)(F)F)c2c(=O)n1-c1ccccc1. The third-order valence-electron chi connectivity index (χ3n) is 4.15. The minimum Gasteiger partial charge on any atom is -0.444 e. The summed E-state index contributed by atoms with van der Waals surface area (Å²) in [6.07, 6.45) is -4.39. The van der Waals surface area contributed by atoms with Gasteiger partial charge in [-0.2, -0.15) is 18.3 Å². The predicted octanol–water partition coefficient (Wildman–Crippen LogP) is 4.09. The number of hydrogen-bond acceptors (Lipinski definition) is 4. The van der Waals surface area contributed by atoms with Gasteiger partial charge in [0.15, 0.2) is 5.82 Å². The third-order valence-corrected chi connectivity index (χ3v) is 4.15. The van der Waals surface area contributed by atoms with Crippen molar-refractivity contribution in [3.8, 4) is 5.69 Å². The van der Waals surface area contributed by atoms with E-state index in [0.717, 1.165) is 21.3 Å². The van der Waals surface area contributed by atoms with Gasteiger partial charge in [0.2, 0.25) is 0 Å². The Balaban J connectivity index is 2.19. The summed E-state index contributed by atoms with van der Waals surface area (Å²) in [5.74, 6) is 0.0499. The summed E-state index contributed by atoms with van der Waals surface area (Å²) >= 11 is 0. The summed E-state index contributed by atoms with van der Waals surface area (Å²) in [7, 11) is 0. The maximum atomic E-state index is 13.4. The van der Waals surface area contributed by atoms with Crippen LogP contribution < -0.4 is 10.9 Å². The zero-order valence-corrected chi connectivity index (χ0v) is 16.8. The molecule has 10 heteroatoms. The van der Waals surface area contributed by atoms with Gasteiger partial charge in [-0.15, -0.1) is 0 Å². The number of aromatic nitrogens is 3. The molecule has 160 valence electrons. The van der Waals surface area contributed by atoms with Gasteiger partial charge in [0.05, 0.1) is 17.3 Å². The molecule has 1 aromatic carbocycles. The molecule has 3 aromatic rings. The average Bonchev–Trinajstić information content (AvgIpc) is 3.05. The van der Waals surface area contributed by atoms with Gasteiger partial charge in [0.25, 0.3) is 5.56 Å². The molecule has 3 rings (SSSR count). The molecule has 0 unspecified atom stereocenters. The molecule has 30 heavy (non-hydrogen) atoms. The molecule has 0 aliphatic rings. The number of halogens is 3. The fourth-order valence-corrected chi connectivity index (χ4v) is 2.97. The molecule has 7 nitrogen and oxygen atoms in total. The highest BCUT2D eigenvalue weighted by molar-refractivity contribution is 5.68. The monoisotopic (exact) mass is 422 g/mol. The molecule has 0 radical (unpaired) electrons. The summed E-state index contributed by atoms with van der Waals surface area (Å²) < 4.78 is 47.3. The van der Waals surface area contributed by atoms with Crippen molar-refractivity contribution in [3.05, 3.63) is 64.3 Å². The van der Waals surface area contributed by atoms with E-state index in [9.17, 15) is 22.8 Å². The van der Waals surface area contributed by atoms with Crippen LogP contribution in [0.2, 0.25) is 0 Å². The van der Waals surface area contributed by atoms with Gasteiger partial charge in [-0.3, -0.25) is 9.36 Å². The van der Waals surface area contributed by atoms with Crippen molar-refractivity contribution in [2.24, 2.45) is 0 Å². The number of hydrogen-bond donors (Lipinski definition) is 1. The number of para-hydroxylation sites is 1. The third kappa shape index (κ3) is 4.32. The lowest BCUT2D eigenvalue weighted by atomic mass is 10.2. The molecule has 0 bridgehead atoms. The van der Waals surface area contributed by atoms with Crippen LogP contribution in [0.25, 0.3) is 11.2 Å². The van der Waals surface area contributed by atoms with Gasteiger partial charge in [-0.05, 0) is 45.9 Å². The smallest absolute Gasteiger partial charge is 0.418 e. The maximum Gasteiger partial charge on any atom is 0.418 e. The predicted molar refractivity (Wildman–Crippen MR) is 104 cm³/mol. The van der Waals surface area contributed by atoms with E-state index >= 15 is 0 Å². The van der Waals surface area contributed by atoms with Gasteiger partial charge in [-0.1, -0.05) is 18.2 Å².